The largest absolute Gasteiger partial charge is 0.466 e. The van der Waals surface area contributed by atoms with E-state index < -0.39 is 0 Å². The van der Waals surface area contributed by atoms with Gasteiger partial charge >= 0.3 is 5.97 Å². The van der Waals surface area contributed by atoms with Crippen LogP contribution in [-0.2, 0) is 27.4 Å². The van der Waals surface area contributed by atoms with E-state index in [1.807, 2.05) is 35.2 Å². The van der Waals surface area contributed by atoms with Gasteiger partial charge in [0.25, 0.3) is 5.91 Å². The van der Waals surface area contributed by atoms with Gasteiger partial charge in [-0.05, 0) is 22.8 Å². The Kier molecular flexibility index (Phi) is 6.27. The maximum Gasteiger partial charge on any atom is 0.330 e. The third-order valence-corrected chi connectivity index (χ3v) is 6.47. The summed E-state index contributed by atoms with van der Waals surface area (Å²) in [5.41, 5.74) is 5.20. The van der Waals surface area contributed by atoms with Gasteiger partial charge in [-0.2, -0.15) is 0 Å². The molecule has 0 aliphatic carbocycles. The molecule has 174 valence electrons. The highest BCUT2D eigenvalue weighted by molar-refractivity contribution is 6.09. The van der Waals surface area contributed by atoms with Crippen molar-refractivity contribution in [3.8, 4) is 0 Å². The monoisotopic (exact) mass is 456 g/mol. The number of guanidine groups is 1. The van der Waals surface area contributed by atoms with Crippen molar-refractivity contribution >= 4 is 23.9 Å². The molecule has 1 amide bonds. The molecule has 0 fully saturated rings. The standard InChI is InChI=1S/C27H28N4O3/c1-34-25(32)12-11-20-7-9-22(10-8-20)18-31-26(33)23-19-29(17-21-5-3-2-4-6-21)15-13-24(23)30-16-14-28-27(30)31/h2-12H,13-19H2,1H3/b12-11+. The lowest BCUT2D eigenvalue weighted by Crippen LogP contribution is -2.53. The second-order valence-corrected chi connectivity index (χ2v) is 8.69. The van der Waals surface area contributed by atoms with Gasteiger partial charge in [-0.15, -0.1) is 0 Å². The number of nitrogens with zero attached hydrogens (tertiary/aromatic N) is 4. The van der Waals surface area contributed by atoms with Crippen LogP contribution in [0.25, 0.3) is 6.08 Å². The van der Waals surface area contributed by atoms with E-state index in [0.717, 1.165) is 54.4 Å². The van der Waals surface area contributed by atoms with Crippen molar-refractivity contribution in [2.45, 2.75) is 19.5 Å². The van der Waals surface area contributed by atoms with Gasteiger partial charge in [0.2, 0.25) is 5.96 Å². The number of benzene rings is 2. The minimum absolute atomic E-state index is 0.0549. The fourth-order valence-electron chi connectivity index (χ4n) is 4.74. The predicted octanol–water partition coefficient (Wildman–Crippen LogP) is 3.05. The SMILES string of the molecule is COC(=O)/C=C/c1ccc(CN2C(=O)C3=C(CCN(Cc4ccccc4)C3)N3CCN=C23)cc1. The molecule has 3 aliphatic rings. The molecule has 7 nitrogen and oxygen atoms in total. The van der Waals surface area contributed by atoms with Crippen LogP contribution in [0.1, 0.15) is 23.1 Å². The Hall–Kier alpha value is -3.71. The summed E-state index contributed by atoms with van der Waals surface area (Å²) in [5, 5.41) is 0. The van der Waals surface area contributed by atoms with Crippen LogP contribution >= 0.6 is 0 Å². The molecule has 0 saturated heterocycles. The Morgan fingerprint density at radius 1 is 1.03 bits per heavy atom. The second-order valence-electron chi connectivity index (χ2n) is 8.69. The topological polar surface area (TPSA) is 65.5 Å². The van der Waals surface area contributed by atoms with Crippen LogP contribution in [0.4, 0.5) is 0 Å². The first kappa shape index (κ1) is 22.1. The molecule has 0 radical (unpaired) electrons. The highest BCUT2D eigenvalue weighted by Crippen LogP contribution is 2.32. The average molecular weight is 457 g/mol. The number of carbonyl (C=O) groups excluding carboxylic acids is 2. The van der Waals surface area contributed by atoms with Gasteiger partial charge in [0.1, 0.15) is 0 Å². The zero-order valence-electron chi connectivity index (χ0n) is 19.3. The Bertz CT molecular complexity index is 1170. The fourth-order valence-corrected chi connectivity index (χ4v) is 4.74. The molecule has 5 rings (SSSR count). The summed E-state index contributed by atoms with van der Waals surface area (Å²) in [5.74, 6) is 0.439. The molecule has 7 heteroatoms. The van der Waals surface area contributed by atoms with Crippen molar-refractivity contribution in [1.29, 1.82) is 0 Å². The summed E-state index contributed by atoms with van der Waals surface area (Å²) in [7, 11) is 1.36. The molecule has 0 aromatic heterocycles. The maximum absolute atomic E-state index is 13.7. The molecule has 0 spiro atoms. The molecule has 34 heavy (non-hydrogen) atoms. The van der Waals surface area contributed by atoms with Crippen LogP contribution in [0.2, 0.25) is 0 Å². The van der Waals surface area contributed by atoms with Crippen LogP contribution < -0.4 is 0 Å². The number of rotatable bonds is 6. The van der Waals surface area contributed by atoms with Crippen LogP contribution in [0.3, 0.4) is 0 Å². The van der Waals surface area contributed by atoms with Gasteiger partial charge in [-0.1, -0.05) is 54.6 Å². The molecule has 0 unspecified atom stereocenters. The van der Waals surface area contributed by atoms with Gasteiger partial charge in [0.15, 0.2) is 0 Å². The summed E-state index contributed by atoms with van der Waals surface area (Å²) < 4.78 is 4.64. The molecule has 3 heterocycles. The highest BCUT2D eigenvalue weighted by atomic mass is 16.5. The van der Waals surface area contributed by atoms with E-state index in [2.05, 4.69) is 43.8 Å². The predicted molar refractivity (Wildman–Crippen MR) is 130 cm³/mol. The Labute approximate surface area is 199 Å². The van der Waals surface area contributed by atoms with Crippen molar-refractivity contribution in [2.75, 3.05) is 33.3 Å². The first-order valence-electron chi connectivity index (χ1n) is 11.6. The van der Waals surface area contributed by atoms with E-state index >= 15 is 0 Å². The van der Waals surface area contributed by atoms with E-state index in [4.69, 9.17) is 0 Å². The number of aliphatic imine (C=N–C) groups is 1. The number of esters is 1. The second kappa shape index (κ2) is 9.65. The minimum atomic E-state index is -0.389. The molecule has 2 aromatic carbocycles. The summed E-state index contributed by atoms with van der Waals surface area (Å²) >= 11 is 0. The molecule has 0 saturated carbocycles. The van der Waals surface area contributed by atoms with Gasteiger partial charge in [0, 0.05) is 44.4 Å². The fraction of sp³-hybridized carbons (Fsp3) is 0.296. The molecule has 0 bridgehead atoms. The van der Waals surface area contributed by atoms with Crippen molar-refractivity contribution in [1.82, 2.24) is 14.7 Å². The first-order chi connectivity index (χ1) is 16.6. The van der Waals surface area contributed by atoms with Crippen LogP contribution in [0.5, 0.6) is 0 Å². The number of amides is 1. The van der Waals surface area contributed by atoms with Crippen molar-refractivity contribution in [3.63, 3.8) is 0 Å². The van der Waals surface area contributed by atoms with Crippen LogP contribution in [0, 0.1) is 0 Å². The van der Waals surface area contributed by atoms with E-state index in [0.29, 0.717) is 19.6 Å². The molecule has 2 aromatic rings. The Morgan fingerprint density at radius 3 is 2.56 bits per heavy atom. The lowest BCUT2D eigenvalue weighted by atomic mass is 10.00. The quantitative estimate of drug-likeness (QED) is 0.494. The number of fused-ring (bicyclic) bond motifs is 2. The molecular formula is C27H28N4O3. The van der Waals surface area contributed by atoms with Gasteiger partial charge < -0.3 is 9.64 Å². The lowest BCUT2D eigenvalue weighted by Gasteiger charge is -2.42. The molecular weight excluding hydrogens is 428 g/mol. The third kappa shape index (κ3) is 4.52. The third-order valence-electron chi connectivity index (χ3n) is 6.47. The maximum atomic E-state index is 13.7. The normalized spacial score (nSPS) is 18.3. The summed E-state index contributed by atoms with van der Waals surface area (Å²) in [6.45, 7) is 4.43. The minimum Gasteiger partial charge on any atom is -0.466 e. The van der Waals surface area contributed by atoms with Crippen molar-refractivity contribution in [3.05, 3.63) is 88.6 Å². The van der Waals surface area contributed by atoms with E-state index in [9.17, 15) is 9.59 Å². The van der Waals surface area contributed by atoms with Crippen molar-refractivity contribution < 1.29 is 14.3 Å². The number of hydrogen-bond donors (Lipinski definition) is 0. The average Bonchev–Trinajstić information content (AvgIpc) is 3.36. The van der Waals surface area contributed by atoms with Crippen molar-refractivity contribution in [2.24, 2.45) is 4.99 Å². The molecule has 3 aliphatic heterocycles. The summed E-state index contributed by atoms with van der Waals surface area (Å²) in [6, 6.07) is 18.2. The van der Waals surface area contributed by atoms with Gasteiger partial charge in [-0.25, -0.2) is 4.79 Å². The van der Waals surface area contributed by atoms with Gasteiger partial charge in [0.05, 0.1) is 25.8 Å². The summed E-state index contributed by atoms with van der Waals surface area (Å²) in [4.78, 5) is 36.1. The number of hydrogen-bond acceptors (Lipinski definition) is 6. The smallest absolute Gasteiger partial charge is 0.330 e. The lowest BCUT2D eigenvalue weighted by molar-refractivity contribution is -0.134. The number of methoxy groups -OCH3 is 1. The zero-order valence-corrected chi connectivity index (χ0v) is 19.3. The van der Waals surface area contributed by atoms with Crippen LogP contribution in [-0.4, -0.2) is 65.8 Å². The Balaban J connectivity index is 1.33. The first-order valence-corrected chi connectivity index (χ1v) is 11.6. The molecule has 0 atom stereocenters. The summed E-state index contributed by atoms with van der Waals surface area (Å²) in [6.07, 6.45) is 3.97. The van der Waals surface area contributed by atoms with E-state index in [-0.39, 0.29) is 11.9 Å². The highest BCUT2D eigenvalue weighted by Gasteiger charge is 2.40. The number of carbonyl (C=O) groups is 2. The van der Waals surface area contributed by atoms with Gasteiger partial charge in [-0.3, -0.25) is 19.6 Å². The zero-order chi connectivity index (χ0) is 23.5. The number of ether oxygens (including phenoxy) is 1. The Morgan fingerprint density at radius 2 is 1.79 bits per heavy atom. The van der Waals surface area contributed by atoms with E-state index in [1.54, 1.807) is 6.08 Å². The van der Waals surface area contributed by atoms with Crippen LogP contribution in [0.15, 0.2) is 76.9 Å². The van der Waals surface area contributed by atoms with E-state index in [1.165, 1.54) is 18.7 Å². The molecule has 0 N–H and O–H groups in total.